The van der Waals surface area contributed by atoms with Gasteiger partial charge >= 0.3 is 6.09 Å². The van der Waals surface area contributed by atoms with Crippen molar-refractivity contribution >= 4 is 23.4 Å². The number of rotatable bonds is 2. The lowest BCUT2D eigenvalue weighted by atomic mass is 10.3. The normalized spacial score (nSPS) is 10.0. The van der Waals surface area contributed by atoms with Crippen LogP contribution in [0.2, 0.25) is 5.02 Å². The highest BCUT2D eigenvalue weighted by Gasteiger charge is 2.12. The van der Waals surface area contributed by atoms with Crippen LogP contribution in [0.15, 0.2) is 45.8 Å². The van der Waals surface area contributed by atoms with Gasteiger partial charge in [0.2, 0.25) is 11.2 Å². The average molecular weight is 280 g/mol. The number of halogens is 1. The summed E-state index contributed by atoms with van der Waals surface area (Å²) in [6.45, 7) is 1.53. The Morgan fingerprint density at radius 2 is 2.16 bits per heavy atom. The van der Waals surface area contributed by atoms with E-state index >= 15 is 0 Å². The van der Waals surface area contributed by atoms with Gasteiger partial charge in [-0.2, -0.15) is 0 Å². The van der Waals surface area contributed by atoms with E-state index in [0.29, 0.717) is 10.7 Å². The van der Waals surface area contributed by atoms with E-state index < -0.39 is 11.5 Å². The van der Waals surface area contributed by atoms with Crippen molar-refractivity contribution < 1.29 is 13.9 Å². The van der Waals surface area contributed by atoms with Gasteiger partial charge < -0.3 is 9.15 Å². The summed E-state index contributed by atoms with van der Waals surface area (Å²) in [7, 11) is 0. The molecule has 0 aliphatic carbocycles. The lowest BCUT2D eigenvalue weighted by Crippen LogP contribution is -2.20. The molecule has 0 radical (unpaired) electrons. The maximum Gasteiger partial charge on any atom is 0.417 e. The first kappa shape index (κ1) is 13.2. The zero-order valence-electron chi connectivity index (χ0n) is 9.98. The zero-order valence-corrected chi connectivity index (χ0v) is 10.7. The van der Waals surface area contributed by atoms with Crippen molar-refractivity contribution in [1.82, 2.24) is 0 Å². The lowest BCUT2D eigenvalue weighted by molar-refractivity contribution is 0.212. The molecule has 0 fully saturated rings. The van der Waals surface area contributed by atoms with Gasteiger partial charge in [0.05, 0.1) is 6.26 Å². The Labute approximate surface area is 113 Å². The second-order valence-corrected chi connectivity index (χ2v) is 4.13. The number of anilines is 1. The highest BCUT2D eigenvalue weighted by molar-refractivity contribution is 6.30. The Balaban J connectivity index is 2.12. The van der Waals surface area contributed by atoms with E-state index in [1.807, 2.05) is 0 Å². The molecule has 1 N–H and O–H groups in total. The van der Waals surface area contributed by atoms with Crippen LogP contribution in [0.1, 0.15) is 5.76 Å². The van der Waals surface area contributed by atoms with Crippen molar-refractivity contribution in [3.05, 3.63) is 57.6 Å². The number of amides is 1. The molecule has 0 spiro atoms. The van der Waals surface area contributed by atoms with Crippen molar-refractivity contribution in [2.24, 2.45) is 0 Å². The maximum absolute atomic E-state index is 11.6. The van der Waals surface area contributed by atoms with E-state index in [-0.39, 0.29) is 11.5 Å². The summed E-state index contributed by atoms with van der Waals surface area (Å²) in [5.41, 5.74) is 0.0421. The predicted molar refractivity (Wildman–Crippen MR) is 70.8 cm³/mol. The molecule has 2 aromatic rings. The number of carbonyl (C=O) groups is 1. The van der Waals surface area contributed by atoms with Crippen LogP contribution >= 0.6 is 11.6 Å². The number of ether oxygens (including phenoxy) is 1. The highest BCUT2D eigenvalue weighted by atomic mass is 35.5. The maximum atomic E-state index is 11.6. The second-order valence-electron chi connectivity index (χ2n) is 3.70. The Bertz CT molecular complexity index is 666. The van der Waals surface area contributed by atoms with Gasteiger partial charge in [0.15, 0.2) is 0 Å². The van der Waals surface area contributed by atoms with Crippen molar-refractivity contribution in [1.29, 1.82) is 0 Å². The van der Waals surface area contributed by atoms with Crippen LogP contribution in [0.5, 0.6) is 5.75 Å². The van der Waals surface area contributed by atoms with Gasteiger partial charge in [-0.05, 0) is 25.1 Å². The third-order valence-electron chi connectivity index (χ3n) is 2.27. The van der Waals surface area contributed by atoms with Gasteiger partial charge in [0.25, 0.3) is 0 Å². The Morgan fingerprint density at radius 3 is 2.84 bits per heavy atom. The number of nitrogens with one attached hydrogen (secondary N) is 1. The van der Waals surface area contributed by atoms with Crippen LogP contribution in [-0.4, -0.2) is 6.09 Å². The molecule has 98 valence electrons. The molecule has 1 aromatic carbocycles. The third-order valence-corrected chi connectivity index (χ3v) is 2.51. The van der Waals surface area contributed by atoms with Gasteiger partial charge in [-0.1, -0.05) is 17.7 Å². The second kappa shape index (κ2) is 5.58. The minimum Gasteiger partial charge on any atom is -0.465 e. The summed E-state index contributed by atoms with van der Waals surface area (Å²) in [6.07, 6.45) is 0.447. The molecule has 19 heavy (non-hydrogen) atoms. The molecule has 1 amide bonds. The summed E-state index contributed by atoms with van der Waals surface area (Å²) in [6, 6.07) is 7.74. The summed E-state index contributed by atoms with van der Waals surface area (Å²) in [4.78, 5) is 23.1. The highest BCUT2D eigenvalue weighted by Crippen LogP contribution is 2.16. The van der Waals surface area contributed by atoms with E-state index in [0.717, 1.165) is 0 Å². The van der Waals surface area contributed by atoms with E-state index in [1.54, 1.807) is 24.3 Å². The molecule has 0 saturated carbocycles. The van der Waals surface area contributed by atoms with Crippen molar-refractivity contribution in [3.63, 3.8) is 0 Å². The monoisotopic (exact) mass is 279 g/mol. The van der Waals surface area contributed by atoms with Crippen LogP contribution in [-0.2, 0) is 0 Å². The average Bonchev–Trinajstić information content (AvgIpc) is 2.34. The molecule has 0 atom stereocenters. The van der Waals surface area contributed by atoms with Crippen LogP contribution < -0.4 is 15.5 Å². The predicted octanol–water partition coefficient (Wildman–Crippen LogP) is 3.21. The molecule has 0 aliphatic heterocycles. The van der Waals surface area contributed by atoms with E-state index in [9.17, 15) is 9.59 Å². The fourth-order valence-corrected chi connectivity index (χ4v) is 1.62. The Kier molecular flexibility index (Phi) is 3.87. The van der Waals surface area contributed by atoms with Crippen molar-refractivity contribution in [2.75, 3.05) is 5.32 Å². The lowest BCUT2D eigenvalue weighted by Gasteiger charge is -2.07. The van der Waals surface area contributed by atoms with Gasteiger partial charge in [-0.3, -0.25) is 10.1 Å². The third kappa shape index (κ3) is 3.35. The molecule has 2 rings (SSSR count). The molecule has 1 heterocycles. The molecule has 0 unspecified atom stereocenters. The zero-order chi connectivity index (χ0) is 13.8. The number of benzene rings is 1. The first-order chi connectivity index (χ1) is 9.06. The molecule has 5 nitrogen and oxygen atoms in total. The summed E-state index contributed by atoms with van der Waals surface area (Å²) in [5, 5.41) is 2.94. The summed E-state index contributed by atoms with van der Waals surface area (Å²) < 4.78 is 9.90. The molecular weight excluding hydrogens is 270 g/mol. The first-order valence-corrected chi connectivity index (χ1v) is 5.77. The molecule has 0 saturated heterocycles. The van der Waals surface area contributed by atoms with Gasteiger partial charge in [0, 0.05) is 16.8 Å². The first-order valence-electron chi connectivity index (χ1n) is 5.39. The minimum absolute atomic E-state index is 0.137. The fraction of sp³-hybridized carbons (Fsp3) is 0.0769. The minimum atomic E-state index is -0.788. The number of hydrogen-bond donors (Lipinski definition) is 1. The van der Waals surface area contributed by atoms with Gasteiger partial charge in [-0.15, -0.1) is 0 Å². The van der Waals surface area contributed by atoms with E-state index in [2.05, 4.69) is 5.32 Å². The van der Waals surface area contributed by atoms with Crippen molar-refractivity contribution in [2.45, 2.75) is 6.92 Å². The molecule has 0 aliphatic rings. The van der Waals surface area contributed by atoms with Crippen LogP contribution in [0, 0.1) is 6.92 Å². The van der Waals surface area contributed by atoms with Gasteiger partial charge in [-0.25, -0.2) is 4.79 Å². The fourth-order valence-electron chi connectivity index (χ4n) is 1.43. The van der Waals surface area contributed by atoms with E-state index in [4.69, 9.17) is 20.8 Å². The molecule has 0 bridgehead atoms. The Hall–Kier alpha value is -2.27. The smallest absolute Gasteiger partial charge is 0.417 e. The number of carbonyl (C=O) groups excluding carboxylic acids is 1. The number of aryl methyl sites for hydroxylation is 1. The van der Waals surface area contributed by atoms with Crippen LogP contribution in [0.4, 0.5) is 10.5 Å². The molecule has 1 aromatic heterocycles. The van der Waals surface area contributed by atoms with Crippen LogP contribution in [0.3, 0.4) is 0 Å². The summed E-state index contributed by atoms with van der Waals surface area (Å²) >= 11 is 5.78. The Morgan fingerprint density at radius 1 is 1.37 bits per heavy atom. The van der Waals surface area contributed by atoms with Gasteiger partial charge in [0.1, 0.15) is 5.76 Å². The molecular formula is C13H10ClNO4. The van der Waals surface area contributed by atoms with Crippen LogP contribution in [0.25, 0.3) is 0 Å². The molecule has 6 heteroatoms. The summed E-state index contributed by atoms with van der Waals surface area (Å²) in [5.74, 6) is 0.0933. The van der Waals surface area contributed by atoms with E-state index in [1.165, 1.54) is 19.3 Å². The largest absolute Gasteiger partial charge is 0.465 e. The standard InChI is InChI=1S/C13H10ClNO4/c1-8-12(11(16)5-6-18-8)19-13(17)15-10-4-2-3-9(14)7-10/h2-7H,1H3,(H,15,17). The number of hydrogen-bond acceptors (Lipinski definition) is 4. The van der Waals surface area contributed by atoms with Crippen molar-refractivity contribution in [3.8, 4) is 5.75 Å². The quantitative estimate of drug-likeness (QED) is 0.916. The SMILES string of the molecule is Cc1occc(=O)c1OC(=O)Nc1cccc(Cl)c1. The topological polar surface area (TPSA) is 68.5 Å².